The molecule has 0 unspecified atom stereocenters. The summed E-state index contributed by atoms with van der Waals surface area (Å²) in [6.07, 6.45) is 1.11. The van der Waals surface area contributed by atoms with Gasteiger partial charge < -0.3 is 10.5 Å². The van der Waals surface area contributed by atoms with Crippen LogP contribution in [0.4, 0.5) is 5.69 Å². The summed E-state index contributed by atoms with van der Waals surface area (Å²) in [4.78, 5) is 0.0705. The molecule has 6 heteroatoms. The van der Waals surface area contributed by atoms with Gasteiger partial charge in [-0.15, -0.1) is 0 Å². The molecule has 0 amide bonds. The molecule has 0 spiro atoms. The Balaban J connectivity index is 2.23. The van der Waals surface area contributed by atoms with E-state index in [1.54, 1.807) is 24.3 Å². The van der Waals surface area contributed by atoms with Crippen LogP contribution in [0.2, 0.25) is 5.02 Å². The normalized spacial score (nSPS) is 11.3. The summed E-state index contributed by atoms with van der Waals surface area (Å²) in [5.41, 5.74) is 6.83. The molecule has 4 nitrogen and oxygen atoms in total. The van der Waals surface area contributed by atoms with Crippen LogP contribution in [0.1, 0.15) is 5.56 Å². The van der Waals surface area contributed by atoms with E-state index in [1.165, 1.54) is 6.07 Å². The van der Waals surface area contributed by atoms with Gasteiger partial charge in [0.25, 0.3) is 0 Å². The SMILES string of the molecule is CS(=O)(=O)c1cccc(OCc2cccc(Cl)c2)c1N. The number of hydrogen-bond acceptors (Lipinski definition) is 4. The fraction of sp³-hybridized carbons (Fsp3) is 0.143. The molecule has 0 saturated carbocycles. The zero-order chi connectivity index (χ0) is 14.8. The average Bonchev–Trinajstić information content (AvgIpc) is 2.36. The zero-order valence-corrected chi connectivity index (χ0v) is 12.4. The van der Waals surface area contributed by atoms with E-state index in [9.17, 15) is 8.42 Å². The molecule has 0 bridgehead atoms. The molecule has 0 heterocycles. The average molecular weight is 312 g/mol. The molecule has 0 aliphatic heterocycles. The van der Waals surface area contributed by atoms with Gasteiger partial charge in [-0.2, -0.15) is 0 Å². The minimum atomic E-state index is -3.37. The van der Waals surface area contributed by atoms with Gasteiger partial charge in [0.1, 0.15) is 12.4 Å². The molecule has 0 radical (unpaired) electrons. The summed E-state index contributed by atoms with van der Waals surface area (Å²) in [6, 6.07) is 11.9. The number of halogens is 1. The van der Waals surface area contributed by atoms with Gasteiger partial charge in [0.2, 0.25) is 0 Å². The van der Waals surface area contributed by atoms with Gasteiger partial charge in [-0.25, -0.2) is 8.42 Å². The first-order valence-electron chi connectivity index (χ1n) is 5.84. The molecule has 0 saturated heterocycles. The van der Waals surface area contributed by atoms with Gasteiger partial charge in [-0.1, -0.05) is 29.8 Å². The zero-order valence-electron chi connectivity index (χ0n) is 10.8. The molecular formula is C14H14ClNO3S. The maximum absolute atomic E-state index is 11.6. The van der Waals surface area contributed by atoms with E-state index >= 15 is 0 Å². The summed E-state index contributed by atoms with van der Waals surface area (Å²) in [6.45, 7) is 0.262. The molecule has 2 rings (SSSR count). The Bertz CT molecular complexity index is 729. The van der Waals surface area contributed by atoms with Crippen LogP contribution in [0.25, 0.3) is 0 Å². The van der Waals surface area contributed by atoms with E-state index in [0.717, 1.165) is 11.8 Å². The highest BCUT2D eigenvalue weighted by Gasteiger charge is 2.14. The number of anilines is 1. The first-order chi connectivity index (χ1) is 9.38. The topological polar surface area (TPSA) is 69.4 Å². The number of sulfone groups is 1. The smallest absolute Gasteiger partial charge is 0.177 e. The number of rotatable bonds is 4. The molecule has 0 aromatic heterocycles. The van der Waals surface area contributed by atoms with Crippen molar-refractivity contribution < 1.29 is 13.2 Å². The quantitative estimate of drug-likeness (QED) is 0.881. The van der Waals surface area contributed by atoms with Crippen molar-refractivity contribution >= 4 is 27.1 Å². The highest BCUT2D eigenvalue weighted by atomic mass is 35.5. The second kappa shape index (κ2) is 5.73. The van der Waals surface area contributed by atoms with Crippen molar-refractivity contribution in [2.75, 3.05) is 12.0 Å². The molecule has 20 heavy (non-hydrogen) atoms. The predicted molar refractivity (Wildman–Crippen MR) is 79.7 cm³/mol. The van der Waals surface area contributed by atoms with Gasteiger partial charge >= 0.3 is 0 Å². The number of para-hydroxylation sites is 1. The van der Waals surface area contributed by atoms with Crippen LogP contribution in [-0.4, -0.2) is 14.7 Å². The lowest BCUT2D eigenvalue weighted by atomic mass is 10.2. The van der Waals surface area contributed by atoms with E-state index < -0.39 is 9.84 Å². The highest BCUT2D eigenvalue weighted by molar-refractivity contribution is 7.90. The highest BCUT2D eigenvalue weighted by Crippen LogP contribution is 2.29. The Morgan fingerprint density at radius 1 is 1.20 bits per heavy atom. The first-order valence-corrected chi connectivity index (χ1v) is 8.10. The Morgan fingerprint density at radius 2 is 1.90 bits per heavy atom. The van der Waals surface area contributed by atoms with Crippen molar-refractivity contribution in [3.05, 3.63) is 53.1 Å². The van der Waals surface area contributed by atoms with Gasteiger partial charge in [-0.3, -0.25) is 0 Å². The second-order valence-electron chi connectivity index (χ2n) is 4.36. The minimum absolute atomic E-state index is 0.0705. The van der Waals surface area contributed by atoms with E-state index in [1.807, 2.05) is 12.1 Å². The number of ether oxygens (including phenoxy) is 1. The molecule has 106 valence electrons. The van der Waals surface area contributed by atoms with E-state index in [4.69, 9.17) is 22.1 Å². The number of benzene rings is 2. The van der Waals surface area contributed by atoms with Gasteiger partial charge in [0.05, 0.1) is 10.6 Å². The lowest BCUT2D eigenvalue weighted by Gasteiger charge is -2.11. The van der Waals surface area contributed by atoms with Crippen molar-refractivity contribution in [3.8, 4) is 5.75 Å². The molecule has 2 N–H and O–H groups in total. The van der Waals surface area contributed by atoms with Crippen molar-refractivity contribution in [3.63, 3.8) is 0 Å². The number of nitrogens with two attached hydrogens (primary N) is 1. The standard InChI is InChI=1S/C14H14ClNO3S/c1-20(17,18)13-7-3-6-12(14(13)16)19-9-10-4-2-5-11(15)8-10/h2-8H,9,16H2,1H3. The van der Waals surface area contributed by atoms with Gasteiger partial charge in [-0.05, 0) is 29.8 Å². The van der Waals surface area contributed by atoms with Crippen LogP contribution in [-0.2, 0) is 16.4 Å². The molecular weight excluding hydrogens is 298 g/mol. The van der Waals surface area contributed by atoms with Crippen molar-refractivity contribution in [1.82, 2.24) is 0 Å². The van der Waals surface area contributed by atoms with Crippen LogP contribution >= 0.6 is 11.6 Å². The maximum atomic E-state index is 11.6. The summed E-state index contributed by atoms with van der Waals surface area (Å²) < 4.78 is 28.7. The van der Waals surface area contributed by atoms with Crippen LogP contribution in [0.15, 0.2) is 47.4 Å². The fourth-order valence-electron chi connectivity index (χ4n) is 1.76. The van der Waals surface area contributed by atoms with Crippen LogP contribution in [0.3, 0.4) is 0 Å². The van der Waals surface area contributed by atoms with E-state index in [0.29, 0.717) is 10.8 Å². The van der Waals surface area contributed by atoms with Crippen LogP contribution < -0.4 is 10.5 Å². The Morgan fingerprint density at radius 3 is 2.55 bits per heavy atom. The Labute approximate surface area is 123 Å². The summed E-state index contributed by atoms with van der Waals surface area (Å²) >= 11 is 5.88. The van der Waals surface area contributed by atoms with E-state index in [2.05, 4.69) is 0 Å². The van der Waals surface area contributed by atoms with Crippen molar-refractivity contribution in [2.24, 2.45) is 0 Å². The van der Waals surface area contributed by atoms with Crippen LogP contribution in [0, 0.1) is 0 Å². The summed E-state index contributed by atoms with van der Waals surface area (Å²) in [5.74, 6) is 0.341. The fourth-order valence-corrected chi connectivity index (χ4v) is 2.80. The molecule has 2 aromatic rings. The minimum Gasteiger partial charge on any atom is -0.487 e. The second-order valence-corrected chi connectivity index (χ2v) is 6.78. The molecule has 0 fully saturated rings. The third-order valence-corrected chi connectivity index (χ3v) is 4.10. The largest absolute Gasteiger partial charge is 0.487 e. The van der Waals surface area contributed by atoms with E-state index in [-0.39, 0.29) is 17.2 Å². The third kappa shape index (κ3) is 3.43. The Hall–Kier alpha value is -1.72. The molecule has 0 aliphatic rings. The summed E-state index contributed by atoms with van der Waals surface area (Å²) in [5, 5.41) is 0.615. The Kier molecular flexibility index (Phi) is 4.20. The van der Waals surface area contributed by atoms with Crippen LogP contribution in [0.5, 0.6) is 5.75 Å². The number of hydrogen-bond donors (Lipinski definition) is 1. The molecule has 0 atom stereocenters. The van der Waals surface area contributed by atoms with Gasteiger partial charge in [0, 0.05) is 11.3 Å². The number of nitrogen functional groups attached to an aromatic ring is 1. The van der Waals surface area contributed by atoms with Gasteiger partial charge in [0.15, 0.2) is 9.84 Å². The molecule has 0 aliphatic carbocycles. The lowest BCUT2D eigenvalue weighted by Crippen LogP contribution is -2.05. The first kappa shape index (κ1) is 14.7. The maximum Gasteiger partial charge on any atom is 0.177 e. The summed E-state index contributed by atoms with van der Waals surface area (Å²) in [7, 11) is -3.37. The van der Waals surface area contributed by atoms with Crippen molar-refractivity contribution in [2.45, 2.75) is 11.5 Å². The van der Waals surface area contributed by atoms with Crippen molar-refractivity contribution in [1.29, 1.82) is 0 Å². The molecule has 2 aromatic carbocycles. The lowest BCUT2D eigenvalue weighted by molar-refractivity contribution is 0.307. The predicted octanol–water partition coefficient (Wildman–Crippen LogP) is 2.90. The third-order valence-electron chi connectivity index (χ3n) is 2.71. The monoisotopic (exact) mass is 311 g/mol.